The lowest BCUT2D eigenvalue weighted by Crippen LogP contribution is -2.47. The molecule has 0 aliphatic heterocycles. The average molecular weight is 422 g/mol. The summed E-state index contributed by atoms with van der Waals surface area (Å²) in [5, 5.41) is 4.71. The minimum Gasteiger partial charge on any atom is -0.385 e. The molecule has 1 aromatic carbocycles. The van der Waals surface area contributed by atoms with E-state index in [0.29, 0.717) is 39.2 Å². The van der Waals surface area contributed by atoms with Gasteiger partial charge in [0.25, 0.3) is 0 Å². The fraction of sp³-hybridized carbons (Fsp3) is 0.429. The van der Waals surface area contributed by atoms with Gasteiger partial charge in [0.2, 0.25) is 5.91 Å². The fourth-order valence-corrected chi connectivity index (χ4v) is 3.53. The SMILES string of the molecule is CCNC(=O)N(CCCOC)CC(=O)N(Cc1ccc(F)cc1)Cc1cccs1. The maximum absolute atomic E-state index is 13.2. The van der Waals surface area contributed by atoms with Crippen LogP contribution in [0.15, 0.2) is 41.8 Å². The van der Waals surface area contributed by atoms with Crippen LogP contribution < -0.4 is 5.32 Å². The number of hydrogen-bond acceptors (Lipinski definition) is 4. The van der Waals surface area contributed by atoms with E-state index in [0.717, 1.165) is 10.4 Å². The second kappa shape index (κ2) is 12.2. The zero-order chi connectivity index (χ0) is 21.1. The number of ether oxygens (including phenoxy) is 1. The normalized spacial score (nSPS) is 10.6. The smallest absolute Gasteiger partial charge is 0.317 e. The van der Waals surface area contributed by atoms with E-state index in [9.17, 15) is 14.0 Å². The van der Waals surface area contributed by atoms with Gasteiger partial charge in [-0.3, -0.25) is 4.79 Å². The number of amides is 3. The highest BCUT2D eigenvalue weighted by molar-refractivity contribution is 7.09. The lowest BCUT2D eigenvalue weighted by Gasteiger charge is -2.27. The van der Waals surface area contributed by atoms with Crippen LogP contribution in [0.3, 0.4) is 0 Å². The highest BCUT2D eigenvalue weighted by Gasteiger charge is 2.21. The molecule has 0 bridgehead atoms. The van der Waals surface area contributed by atoms with Crippen molar-refractivity contribution >= 4 is 23.3 Å². The third-order valence-corrected chi connectivity index (χ3v) is 5.15. The van der Waals surface area contributed by atoms with Crippen molar-refractivity contribution < 1.29 is 18.7 Å². The van der Waals surface area contributed by atoms with Crippen molar-refractivity contribution in [3.05, 3.63) is 58.0 Å². The first-order chi connectivity index (χ1) is 14.0. The van der Waals surface area contributed by atoms with Crippen molar-refractivity contribution in [1.29, 1.82) is 0 Å². The molecular weight excluding hydrogens is 393 g/mol. The average Bonchev–Trinajstić information content (AvgIpc) is 3.21. The van der Waals surface area contributed by atoms with Crippen LogP contribution in [0.5, 0.6) is 0 Å². The molecule has 29 heavy (non-hydrogen) atoms. The number of urea groups is 1. The number of nitrogens with one attached hydrogen (secondary N) is 1. The quantitative estimate of drug-likeness (QED) is 0.565. The number of nitrogens with zero attached hydrogens (tertiary/aromatic N) is 2. The van der Waals surface area contributed by atoms with Crippen LogP contribution in [0, 0.1) is 5.82 Å². The Bertz CT molecular complexity index is 753. The van der Waals surface area contributed by atoms with Gasteiger partial charge in [-0.05, 0) is 42.5 Å². The summed E-state index contributed by atoms with van der Waals surface area (Å²) in [6.45, 7) is 4.02. The van der Waals surface area contributed by atoms with E-state index in [1.54, 1.807) is 35.5 Å². The number of carbonyl (C=O) groups excluding carboxylic acids is 2. The van der Waals surface area contributed by atoms with E-state index in [2.05, 4.69) is 5.32 Å². The fourth-order valence-electron chi connectivity index (χ4n) is 2.81. The number of hydrogen-bond donors (Lipinski definition) is 1. The van der Waals surface area contributed by atoms with Crippen LogP contribution in [0.1, 0.15) is 23.8 Å². The molecule has 1 aromatic heterocycles. The molecule has 0 saturated heterocycles. The van der Waals surface area contributed by atoms with E-state index in [-0.39, 0.29) is 24.3 Å². The van der Waals surface area contributed by atoms with E-state index < -0.39 is 0 Å². The van der Waals surface area contributed by atoms with Gasteiger partial charge >= 0.3 is 6.03 Å². The minimum absolute atomic E-state index is 0.0257. The third kappa shape index (κ3) is 7.83. The van der Waals surface area contributed by atoms with E-state index in [1.165, 1.54) is 17.0 Å². The highest BCUT2D eigenvalue weighted by atomic mass is 32.1. The summed E-state index contributed by atoms with van der Waals surface area (Å²) >= 11 is 1.57. The third-order valence-electron chi connectivity index (χ3n) is 4.28. The summed E-state index contributed by atoms with van der Waals surface area (Å²) in [5.74, 6) is -0.475. The van der Waals surface area contributed by atoms with Crippen LogP contribution in [-0.2, 0) is 22.6 Å². The van der Waals surface area contributed by atoms with Gasteiger partial charge < -0.3 is 19.9 Å². The van der Waals surface area contributed by atoms with E-state index in [4.69, 9.17) is 4.74 Å². The number of rotatable bonds is 11. The Hall–Kier alpha value is -2.45. The van der Waals surface area contributed by atoms with Crippen molar-refractivity contribution in [2.45, 2.75) is 26.4 Å². The molecule has 0 aliphatic rings. The molecule has 6 nitrogen and oxygen atoms in total. The minimum atomic E-state index is -0.314. The van der Waals surface area contributed by atoms with Gasteiger partial charge in [0.05, 0.1) is 6.54 Å². The van der Waals surface area contributed by atoms with Crippen LogP contribution in [0.25, 0.3) is 0 Å². The van der Waals surface area contributed by atoms with Gasteiger partial charge in [-0.15, -0.1) is 11.3 Å². The van der Waals surface area contributed by atoms with Crippen LogP contribution >= 0.6 is 11.3 Å². The molecule has 0 fully saturated rings. The molecule has 8 heteroatoms. The summed E-state index contributed by atoms with van der Waals surface area (Å²) in [6, 6.07) is 9.75. The van der Waals surface area contributed by atoms with Crippen molar-refractivity contribution in [2.24, 2.45) is 0 Å². The maximum Gasteiger partial charge on any atom is 0.317 e. The first-order valence-electron chi connectivity index (χ1n) is 9.59. The largest absolute Gasteiger partial charge is 0.385 e. The molecule has 0 aliphatic carbocycles. The highest BCUT2D eigenvalue weighted by Crippen LogP contribution is 2.15. The molecule has 3 amide bonds. The van der Waals surface area contributed by atoms with E-state index in [1.807, 2.05) is 24.4 Å². The zero-order valence-electron chi connectivity index (χ0n) is 16.9. The molecule has 0 unspecified atom stereocenters. The number of benzene rings is 1. The molecule has 158 valence electrons. The Morgan fingerprint density at radius 1 is 1.14 bits per heavy atom. The lowest BCUT2D eigenvalue weighted by atomic mass is 10.2. The molecule has 2 aromatic rings. The van der Waals surface area contributed by atoms with Gasteiger partial charge in [-0.25, -0.2) is 9.18 Å². The molecule has 0 saturated carbocycles. The standard InChI is InChI=1S/C21H28FN3O3S/c1-3-23-21(27)24(11-5-12-28-2)16-20(26)25(15-19-6-4-13-29-19)14-17-7-9-18(22)10-8-17/h4,6-10,13H,3,5,11-12,14-16H2,1-2H3,(H,23,27). The maximum atomic E-state index is 13.2. The Morgan fingerprint density at radius 3 is 2.52 bits per heavy atom. The van der Waals surface area contributed by atoms with Gasteiger partial charge in [-0.1, -0.05) is 18.2 Å². The first kappa shape index (κ1) is 22.8. The van der Waals surface area contributed by atoms with Gasteiger partial charge in [0.1, 0.15) is 12.4 Å². The first-order valence-corrected chi connectivity index (χ1v) is 10.5. The predicted octanol–water partition coefficient (Wildman–Crippen LogP) is 3.48. The number of carbonyl (C=O) groups is 2. The van der Waals surface area contributed by atoms with Crippen molar-refractivity contribution in [2.75, 3.05) is 33.4 Å². The monoisotopic (exact) mass is 421 g/mol. The Balaban J connectivity index is 2.11. The molecule has 0 spiro atoms. The van der Waals surface area contributed by atoms with Crippen molar-refractivity contribution in [3.8, 4) is 0 Å². The Morgan fingerprint density at radius 2 is 1.90 bits per heavy atom. The topological polar surface area (TPSA) is 61.9 Å². The molecule has 0 atom stereocenters. The summed E-state index contributed by atoms with van der Waals surface area (Å²) < 4.78 is 18.3. The molecular formula is C21H28FN3O3S. The van der Waals surface area contributed by atoms with Crippen LogP contribution in [0.4, 0.5) is 9.18 Å². The van der Waals surface area contributed by atoms with Gasteiger partial charge in [0, 0.05) is 38.2 Å². The number of methoxy groups -OCH3 is 1. The summed E-state index contributed by atoms with van der Waals surface area (Å²) in [7, 11) is 1.60. The molecule has 2 rings (SSSR count). The number of halogens is 1. The second-order valence-electron chi connectivity index (χ2n) is 6.56. The van der Waals surface area contributed by atoms with Crippen molar-refractivity contribution in [3.63, 3.8) is 0 Å². The molecule has 1 N–H and O–H groups in total. The van der Waals surface area contributed by atoms with Crippen LogP contribution in [-0.4, -0.2) is 55.1 Å². The summed E-state index contributed by atoms with van der Waals surface area (Å²) in [4.78, 5) is 29.7. The summed E-state index contributed by atoms with van der Waals surface area (Å²) in [5.41, 5.74) is 0.834. The van der Waals surface area contributed by atoms with Crippen molar-refractivity contribution in [1.82, 2.24) is 15.1 Å². The Labute approximate surface area is 175 Å². The zero-order valence-corrected chi connectivity index (χ0v) is 17.7. The van der Waals surface area contributed by atoms with Gasteiger partial charge in [0.15, 0.2) is 0 Å². The molecule has 0 radical (unpaired) electrons. The lowest BCUT2D eigenvalue weighted by molar-refractivity contribution is -0.133. The Kier molecular flexibility index (Phi) is 9.59. The predicted molar refractivity (Wildman–Crippen MR) is 112 cm³/mol. The van der Waals surface area contributed by atoms with Crippen LogP contribution in [0.2, 0.25) is 0 Å². The second-order valence-corrected chi connectivity index (χ2v) is 7.59. The molecule has 1 heterocycles. The number of thiophene rings is 1. The summed E-state index contributed by atoms with van der Waals surface area (Å²) in [6.07, 6.45) is 0.643. The van der Waals surface area contributed by atoms with Gasteiger partial charge in [-0.2, -0.15) is 0 Å². The van der Waals surface area contributed by atoms with E-state index >= 15 is 0 Å².